The minimum atomic E-state index is -0.670. The van der Waals surface area contributed by atoms with Crippen molar-refractivity contribution in [3.63, 3.8) is 0 Å². The zero-order valence-corrected chi connectivity index (χ0v) is 17.6. The first-order valence-electron chi connectivity index (χ1n) is 9.97. The van der Waals surface area contributed by atoms with Crippen molar-refractivity contribution in [1.29, 1.82) is 0 Å². The third-order valence-electron chi connectivity index (χ3n) is 5.76. The standard InChI is InChI=1S/C25H23FN2O3/c1-15-8-11-17(14-21(15)26)27-24(29)22-19-6-4-5-7-20(19)25(30)28(2)23(22)16-9-12-18(31-3)13-10-16/h4-14,22-23H,1-3H3,(H,27,29). The summed E-state index contributed by atoms with van der Waals surface area (Å²) in [5, 5.41) is 2.84. The lowest BCUT2D eigenvalue weighted by atomic mass is 9.79. The number of rotatable bonds is 4. The molecule has 0 aliphatic carbocycles. The Morgan fingerprint density at radius 3 is 2.45 bits per heavy atom. The maximum absolute atomic E-state index is 14.0. The van der Waals surface area contributed by atoms with Crippen LogP contribution in [-0.4, -0.2) is 30.9 Å². The van der Waals surface area contributed by atoms with E-state index in [1.54, 1.807) is 68.4 Å². The average molecular weight is 418 g/mol. The number of amides is 2. The highest BCUT2D eigenvalue weighted by molar-refractivity contribution is 6.04. The fourth-order valence-electron chi connectivity index (χ4n) is 4.07. The van der Waals surface area contributed by atoms with Crippen LogP contribution in [0, 0.1) is 12.7 Å². The number of anilines is 1. The van der Waals surface area contributed by atoms with Crippen molar-refractivity contribution in [3.05, 3.63) is 94.8 Å². The molecule has 31 heavy (non-hydrogen) atoms. The van der Waals surface area contributed by atoms with Gasteiger partial charge in [-0.3, -0.25) is 9.59 Å². The second-order valence-electron chi connectivity index (χ2n) is 7.65. The number of benzene rings is 3. The summed E-state index contributed by atoms with van der Waals surface area (Å²) in [6.45, 7) is 1.67. The van der Waals surface area contributed by atoms with Crippen molar-refractivity contribution in [2.45, 2.75) is 18.9 Å². The molecule has 0 bridgehead atoms. The Hall–Kier alpha value is -3.67. The number of ether oxygens (including phenoxy) is 1. The van der Waals surface area contributed by atoms with Gasteiger partial charge in [0.05, 0.1) is 19.1 Å². The Kier molecular flexibility index (Phi) is 5.46. The number of nitrogens with zero attached hydrogens (tertiary/aromatic N) is 1. The molecule has 4 rings (SSSR count). The number of methoxy groups -OCH3 is 1. The van der Waals surface area contributed by atoms with Crippen molar-refractivity contribution in [1.82, 2.24) is 4.90 Å². The number of likely N-dealkylation sites (N-methyl/N-ethyl adjacent to an activating group) is 1. The minimum absolute atomic E-state index is 0.151. The Bertz CT molecular complexity index is 1140. The molecule has 1 heterocycles. The van der Waals surface area contributed by atoms with E-state index in [1.807, 2.05) is 18.2 Å². The second kappa shape index (κ2) is 8.22. The number of hydrogen-bond donors (Lipinski definition) is 1. The van der Waals surface area contributed by atoms with Crippen LogP contribution in [0.5, 0.6) is 5.75 Å². The van der Waals surface area contributed by atoms with E-state index >= 15 is 0 Å². The van der Waals surface area contributed by atoms with Gasteiger partial charge in [-0.25, -0.2) is 4.39 Å². The maximum Gasteiger partial charge on any atom is 0.254 e. The molecule has 0 spiro atoms. The molecule has 2 unspecified atom stereocenters. The van der Waals surface area contributed by atoms with E-state index in [1.165, 1.54) is 6.07 Å². The van der Waals surface area contributed by atoms with Gasteiger partial charge in [-0.15, -0.1) is 0 Å². The third kappa shape index (κ3) is 3.77. The summed E-state index contributed by atoms with van der Waals surface area (Å²) in [7, 11) is 3.28. The normalized spacial score (nSPS) is 17.8. The van der Waals surface area contributed by atoms with E-state index < -0.39 is 12.0 Å². The highest BCUT2D eigenvalue weighted by Gasteiger charge is 2.42. The van der Waals surface area contributed by atoms with E-state index in [9.17, 15) is 14.0 Å². The fourth-order valence-corrected chi connectivity index (χ4v) is 4.07. The quantitative estimate of drug-likeness (QED) is 0.669. The first-order chi connectivity index (χ1) is 14.9. The number of halogens is 1. The van der Waals surface area contributed by atoms with Gasteiger partial charge in [0, 0.05) is 18.3 Å². The Labute approximate surface area is 180 Å². The molecule has 2 atom stereocenters. The molecule has 6 heteroatoms. The molecular formula is C25H23FN2O3. The first kappa shape index (κ1) is 20.6. The highest BCUT2D eigenvalue weighted by Crippen LogP contribution is 2.42. The van der Waals surface area contributed by atoms with Crippen LogP contribution in [-0.2, 0) is 4.79 Å². The zero-order chi connectivity index (χ0) is 22.1. The van der Waals surface area contributed by atoms with Crippen molar-refractivity contribution < 1.29 is 18.7 Å². The van der Waals surface area contributed by atoms with Crippen LogP contribution in [0.4, 0.5) is 10.1 Å². The fraction of sp³-hybridized carbons (Fsp3) is 0.200. The molecule has 0 radical (unpaired) electrons. The van der Waals surface area contributed by atoms with Crippen LogP contribution in [0.25, 0.3) is 0 Å². The van der Waals surface area contributed by atoms with Crippen molar-refractivity contribution in [3.8, 4) is 5.75 Å². The number of fused-ring (bicyclic) bond motifs is 1. The van der Waals surface area contributed by atoms with Gasteiger partial charge in [0.1, 0.15) is 11.6 Å². The van der Waals surface area contributed by atoms with Crippen LogP contribution >= 0.6 is 0 Å². The molecular weight excluding hydrogens is 395 g/mol. The average Bonchev–Trinajstić information content (AvgIpc) is 2.78. The summed E-state index contributed by atoms with van der Waals surface area (Å²) < 4.78 is 19.3. The maximum atomic E-state index is 14.0. The van der Waals surface area contributed by atoms with Crippen LogP contribution < -0.4 is 10.1 Å². The van der Waals surface area contributed by atoms with Crippen LogP contribution in [0.3, 0.4) is 0 Å². The van der Waals surface area contributed by atoms with Gasteiger partial charge in [0.2, 0.25) is 5.91 Å². The summed E-state index contributed by atoms with van der Waals surface area (Å²) in [5.41, 5.74) is 2.82. The van der Waals surface area contributed by atoms with Crippen LogP contribution in [0.2, 0.25) is 0 Å². The molecule has 1 aliphatic rings. The van der Waals surface area contributed by atoms with Gasteiger partial charge in [-0.2, -0.15) is 0 Å². The van der Waals surface area contributed by atoms with Crippen molar-refractivity contribution in [2.75, 3.05) is 19.5 Å². The van der Waals surface area contributed by atoms with Crippen LogP contribution in [0.15, 0.2) is 66.7 Å². The molecule has 0 aromatic heterocycles. The number of nitrogens with one attached hydrogen (secondary N) is 1. The molecule has 158 valence electrons. The Morgan fingerprint density at radius 1 is 1.06 bits per heavy atom. The second-order valence-corrected chi connectivity index (χ2v) is 7.65. The van der Waals surface area contributed by atoms with Crippen molar-refractivity contribution in [2.24, 2.45) is 0 Å². The molecule has 2 amide bonds. The summed E-state index contributed by atoms with van der Waals surface area (Å²) in [5.74, 6) is -0.833. The molecule has 0 saturated heterocycles. The minimum Gasteiger partial charge on any atom is -0.497 e. The summed E-state index contributed by atoms with van der Waals surface area (Å²) >= 11 is 0. The summed E-state index contributed by atoms with van der Waals surface area (Å²) in [6.07, 6.45) is 0. The topological polar surface area (TPSA) is 58.6 Å². The third-order valence-corrected chi connectivity index (χ3v) is 5.76. The van der Waals surface area contributed by atoms with E-state index in [-0.39, 0.29) is 17.6 Å². The zero-order valence-electron chi connectivity index (χ0n) is 17.6. The van der Waals surface area contributed by atoms with E-state index in [2.05, 4.69) is 5.32 Å². The largest absolute Gasteiger partial charge is 0.497 e. The lowest BCUT2D eigenvalue weighted by Gasteiger charge is -2.39. The molecule has 0 fully saturated rings. The monoisotopic (exact) mass is 418 g/mol. The van der Waals surface area contributed by atoms with Gasteiger partial charge in [0.15, 0.2) is 0 Å². The van der Waals surface area contributed by atoms with Gasteiger partial charge in [-0.1, -0.05) is 36.4 Å². The highest BCUT2D eigenvalue weighted by atomic mass is 19.1. The van der Waals surface area contributed by atoms with Gasteiger partial charge < -0.3 is 15.0 Å². The summed E-state index contributed by atoms with van der Waals surface area (Å²) in [6, 6.07) is 18.5. The van der Waals surface area contributed by atoms with E-state index in [0.717, 1.165) is 5.56 Å². The van der Waals surface area contributed by atoms with Crippen molar-refractivity contribution >= 4 is 17.5 Å². The van der Waals surface area contributed by atoms with Gasteiger partial charge in [-0.05, 0) is 53.9 Å². The lowest BCUT2D eigenvalue weighted by Crippen LogP contribution is -2.44. The Morgan fingerprint density at radius 2 is 1.77 bits per heavy atom. The van der Waals surface area contributed by atoms with E-state index in [0.29, 0.717) is 28.1 Å². The first-order valence-corrected chi connectivity index (χ1v) is 9.97. The molecule has 5 nitrogen and oxygen atoms in total. The van der Waals surface area contributed by atoms with Crippen LogP contribution in [0.1, 0.15) is 39.0 Å². The lowest BCUT2D eigenvalue weighted by molar-refractivity contribution is -0.119. The van der Waals surface area contributed by atoms with Gasteiger partial charge >= 0.3 is 0 Å². The molecule has 3 aromatic carbocycles. The predicted octanol–water partition coefficient (Wildman–Crippen LogP) is 4.69. The number of carbonyl (C=O) groups excluding carboxylic acids is 2. The SMILES string of the molecule is COc1ccc(C2C(C(=O)Nc3ccc(C)c(F)c3)c3ccccc3C(=O)N2C)cc1. The van der Waals surface area contributed by atoms with E-state index in [4.69, 9.17) is 4.74 Å². The predicted molar refractivity (Wildman–Crippen MR) is 117 cm³/mol. The van der Waals surface area contributed by atoms with Gasteiger partial charge in [0.25, 0.3) is 5.91 Å². The number of hydrogen-bond acceptors (Lipinski definition) is 3. The molecule has 1 N–H and O–H groups in total. The number of aryl methyl sites for hydroxylation is 1. The number of carbonyl (C=O) groups is 2. The summed E-state index contributed by atoms with van der Waals surface area (Å²) in [4.78, 5) is 28.1. The molecule has 3 aromatic rings. The molecule has 0 saturated carbocycles. The molecule has 1 aliphatic heterocycles. The smallest absolute Gasteiger partial charge is 0.254 e. The Balaban J connectivity index is 1.78.